The molecule has 0 fully saturated rings. The number of carboxylic acids is 1. The van der Waals surface area contributed by atoms with Crippen LogP contribution in [0.1, 0.15) is 6.42 Å². The van der Waals surface area contributed by atoms with Crippen molar-refractivity contribution in [2.24, 2.45) is 5.73 Å². The summed E-state index contributed by atoms with van der Waals surface area (Å²) in [4.78, 5) is 10.3. The van der Waals surface area contributed by atoms with Crippen LogP contribution in [-0.4, -0.2) is 28.3 Å². The van der Waals surface area contributed by atoms with Crippen LogP contribution in [0.25, 0.3) is 0 Å². The molecule has 0 saturated heterocycles. The Balaban J connectivity index is 4.22. The van der Waals surface area contributed by atoms with E-state index in [-0.39, 0.29) is 13.0 Å². The summed E-state index contributed by atoms with van der Waals surface area (Å²) in [5.41, 5.74) is 3.80. The number of nitrogens with two attached hydrogens (primary N) is 1. The fourth-order valence-electron chi connectivity index (χ4n) is 0.481. The quantitative estimate of drug-likeness (QED) is 0.458. The molecule has 0 aromatic carbocycles. The van der Waals surface area contributed by atoms with Crippen LogP contribution in [0, 0.1) is 0 Å². The molecule has 0 aliphatic carbocycles. The normalized spacial score (nSPS) is 15.8. The molecule has 10 heavy (non-hydrogen) atoms. The van der Waals surface area contributed by atoms with Gasteiger partial charge in [0.25, 0.3) is 0 Å². The van der Waals surface area contributed by atoms with E-state index >= 15 is 0 Å². The lowest BCUT2D eigenvalue weighted by atomic mass is 9.98. The predicted octanol–water partition coefficient (Wildman–Crippen LogP) is -0.663. The van der Waals surface area contributed by atoms with Crippen LogP contribution in [-0.2, 0) is 4.79 Å². The Labute approximate surface area is 59.0 Å². The van der Waals surface area contributed by atoms with Crippen LogP contribution in [0.3, 0.4) is 0 Å². The van der Waals surface area contributed by atoms with Gasteiger partial charge in [0.05, 0.1) is 0 Å². The van der Waals surface area contributed by atoms with E-state index in [1.165, 1.54) is 0 Å². The van der Waals surface area contributed by atoms with Gasteiger partial charge in [-0.05, 0) is 0 Å². The summed E-state index contributed by atoms with van der Waals surface area (Å²) in [5, 5.41) is 16.8. The molecule has 0 saturated carbocycles. The summed E-state index contributed by atoms with van der Waals surface area (Å²) in [6.07, 6.45) is 1.11. The first-order valence-corrected chi connectivity index (χ1v) is 2.83. The fourth-order valence-corrected chi connectivity index (χ4v) is 0.481. The minimum Gasteiger partial charge on any atom is -0.480 e. The molecule has 0 aliphatic rings. The Bertz CT molecular complexity index is 146. The average Bonchev–Trinajstić information content (AvgIpc) is 1.88. The molecular weight excluding hydrogens is 134 g/mol. The van der Waals surface area contributed by atoms with E-state index in [9.17, 15) is 4.79 Å². The highest BCUT2D eigenvalue weighted by molar-refractivity contribution is 5.80. The van der Waals surface area contributed by atoms with Crippen LogP contribution >= 0.6 is 0 Å². The predicted molar refractivity (Wildman–Crippen MR) is 36.5 cm³/mol. The molecule has 4 N–H and O–H groups in total. The second kappa shape index (κ2) is 3.34. The monoisotopic (exact) mass is 145 g/mol. The van der Waals surface area contributed by atoms with Crippen LogP contribution < -0.4 is 5.73 Å². The van der Waals surface area contributed by atoms with E-state index in [2.05, 4.69) is 6.58 Å². The average molecular weight is 145 g/mol. The molecule has 4 nitrogen and oxygen atoms in total. The molecule has 0 heterocycles. The second-order valence-corrected chi connectivity index (χ2v) is 2.02. The van der Waals surface area contributed by atoms with E-state index in [1.807, 2.05) is 0 Å². The molecule has 1 atom stereocenters. The van der Waals surface area contributed by atoms with Crippen molar-refractivity contribution in [3.8, 4) is 0 Å². The van der Waals surface area contributed by atoms with Crippen LogP contribution in [0.4, 0.5) is 0 Å². The van der Waals surface area contributed by atoms with Crippen molar-refractivity contribution in [2.75, 3.05) is 6.61 Å². The molecule has 0 spiro atoms. The van der Waals surface area contributed by atoms with Crippen LogP contribution in [0.15, 0.2) is 12.7 Å². The number of aliphatic hydroxyl groups excluding tert-OH is 1. The van der Waals surface area contributed by atoms with Gasteiger partial charge in [-0.1, -0.05) is 6.08 Å². The highest BCUT2D eigenvalue weighted by atomic mass is 16.4. The number of carbonyl (C=O) groups is 1. The lowest BCUT2D eigenvalue weighted by Gasteiger charge is -2.17. The van der Waals surface area contributed by atoms with Crippen LogP contribution in [0.5, 0.6) is 0 Å². The Hall–Kier alpha value is -0.870. The Morgan fingerprint density at radius 1 is 1.80 bits per heavy atom. The van der Waals surface area contributed by atoms with Gasteiger partial charge in [0, 0.05) is 13.0 Å². The third-order valence-corrected chi connectivity index (χ3v) is 1.29. The zero-order valence-corrected chi connectivity index (χ0v) is 5.58. The topological polar surface area (TPSA) is 83.5 Å². The number of aliphatic carboxylic acids is 1. The maximum absolute atomic E-state index is 10.3. The summed E-state index contributed by atoms with van der Waals surface area (Å²) in [6, 6.07) is 0. The summed E-state index contributed by atoms with van der Waals surface area (Å²) >= 11 is 0. The van der Waals surface area contributed by atoms with E-state index < -0.39 is 11.5 Å². The molecule has 0 radical (unpaired) electrons. The third-order valence-electron chi connectivity index (χ3n) is 1.29. The minimum absolute atomic E-state index is 0.00810. The van der Waals surface area contributed by atoms with Crippen molar-refractivity contribution in [3.63, 3.8) is 0 Å². The molecule has 0 aromatic rings. The maximum atomic E-state index is 10.3. The van der Waals surface area contributed by atoms with Gasteiger partial charge < -0.3 is 15.9 Å². The molecule has 0 bridgehead atoms. The summed E-state index contributed by atoms with van der Waals surface area (Å²) < 4.78 is 0. The van der Waals surface area contributed by atoms with Crippen molar-refractivity contribution in [2.45, 2.75) is 12.0 Å². The van der Waals surface area contributed by atoms with Gasteiger partial charge in [0.2, 0.25) is 0 Å². The van der Waals surface area contributed by atoms with Crippen molar-refractivity contribution >= 4 is 5.97 Å². The number of carboxylic acid groups (broad SMARTS) is 1. The molecule has 0 unspecified atom stereocenters. The van der Waals surface area contributed by atoms with Gasteiger partial charge in [-0.15, -0.1) is 6.58 Å². The van der Waals surface area contributed by atoms with E-state index in [4.69, 9.17) is 15.9 Å². The van der Waals surface area contributed by atoms with E-state index in [0.717, 1.165) is 6.08 Å². The Kier molecular flexibility index (Phi) is 3.05. The first-order valence-electron chi connectivity index (χ1n) is 2.83. The zero-order chi connectivity index (χ0) is 8.20. The van der Waals surface area contributed by atoms with Gasteiger partial charge in [0.15, 0.2) is 0 Å². The number of hydrogen-bond donors (Lipinski definition) is 3. The van der Waals surface area contributed by atoms with Crippen LogP contribution in [0.2, 0.25) is 0 Å². The first-order chi connectivity index (χ1) is 4.56. The van der Waals surface area contributed by atoms with Gasteiger partial charge in [-0.3, -0.25) is 0 Å². The molecule has 58 valence electrons. The number of rotatable bonds is 4. The Morgan fingerprint density at radius 3 is 2.40 bits per heavy atom. The molecule has 0 amide bonds. The maximum Gasteiger partial charge on any atom is 0.327 e. The second-order valence-electron chi connectivity index (χ2n) is 2.02. The van der Waals surface area contributed by atoms with Crippen molar-refractivity contribution in [1.29, 1.82) is 0 Å². The molecule has 0 rings (SSSR count). The van der Waals surface area contributed by atoms with Crippen molar-refractivity contribution < 1.29 is 15.0 Å². The Morgan fingerprint density at radius 2 is 2.30 bits per heavy atom. The molecule has 4 heteroatoms. The van der Waals surface area contributed by atoms with Gasteiger partial charge in [-0.25, -0.2) is 4.79 Å². The van der Waals surface area contributed by atoms with Gasteiger partial charge >= 0.3 is 5.97 Å². The molecule has 0 aromatic heterocycles. The lowest BCUT2D eigenvalue weighted by Crippen LogP contribution is -2.46. The number of aliphatic hydroxyl groups is 1. The largest absolute Gasteiger partial charge is 0.480 e. The van der Waals surface area contributed by atoms with Crippen molar-refractivity contribution in [1.82, 2.24) is 0 Å². The van der Waals surface area contributed by atoms with E-state index in [0.29, 0.717) is 0 Å². The molecule has 0 aliphatic heterocycles. The fraction of sp³-hybridized carbons (Fsp3) is 0.500. The SMILES string of the molecule is C=C[C@](N)(CCO)C(=O)O. The summed E-state index contributed by atoms with van der Waals surface area (Å²) in [5.74, 6) is -1.17. The lowest BCUT2D eigenvalue weighted by molar-refractivity contribution is -0.141. The third kappa shape index (κ3) is 1.82. The zero-order valence-electron chi connectivity index (χ0n) is 5.58. The summed E-state index contributed by atoms with van der Waals surface area (Å²) in [6.45, 7) is 3.00. The van der Waals surface area contributed by atoms with E-state index in [1.54, 1.807) is 0 Å². The van der Waals surface area contributed by atoms with Crippen molar-refractivity contribution in [3.05, 3.63) is 12.7 Å². The van der Waals surface area contributed by atoms with Gasteiger partial charge in [0.1, 0.15) is 5.54 Å². The smallest absolute Gasteiger partial charge is 0.327 e. The summed E-state index contributed by atoms with van der Waals surface area (Å²) in [7, 11) is 0. The highest BCUT2D eigenvalue weighted by Gasteiger charge is 2.28. The highest BCUT2D eigenvalue weighted by Crippen LogP contribution is 2.06. The standard InChI is InChI=1S/C6H11NO3/c1-2-6(7,3-4-8)5(9)10/h2,8H,1,3-4,7H2,(H,9,10)/t6-/m0/s1. The molecular formula is C6H11NO3. The van der Waals surface area contributed by atoms with Gasteiger partial charge in [-0.2, -0.15) is 0 Å². The first kappa shape index (κ1) is 9.13. The minimum atomic E-state index is -1.48. The number of hydrogen-bond acceptors (Lipinski definition) is 3.